The molecule has 0 atom stereocenters. The molecule has 4 nitrogen and oxygen atoms in total. The number of hydrogen-bond donors (Lipinski definition) is 1. The highest BCUT2D eigenvalue weighted by Crippen LogP contribution is 2.26. The first-order valence-electron chi connectivity index (χ1n) is 8.05. The first kappa shape index (κ1) is 15.4. The molecule has 118 valence electrons. The Bertz CT molecular complexity index is 550. The standard InChI is InChI=1S/C17H23N3OS/c1-20(14-5-3-2-4-6-14)15-9-7-13(8-10-15)16(21)19-17-18-11-12-22-17/h7-10,14H,2-6,11-12H2,1H3,(H,18,19,21). The average Bonchev–Trinajstić information content (AvgIpc) is 3.08. The average molecular weight is 317 g/mol. The maximum absolute atomic E-state index is 12.2. The monoisotopic (exact) mass is 317 g/mol. The summed E-state index contributed by atoms with van der Waals surface area (Å²) in [6.07, 6.45) is 6.57. The third-order valence-electron chi connectivity index (χ3n) is 4.47. The van der Waals surface area contributed by atoms with Crippen LogP contribution in [0.2, 0.25) is 0 Å². The number of aliphatic imine (C=N–C) groups is 1. The molecular weight excluding hydrogens is 294 g/mol. The number of benzene rings is 1. The fourth-order valence-electron chi connectivity index (χ4n) is 3.11. The van der Waals surface area contributed by atoms with Crippen LogP contribution in [0.3, 0.4) is 0 Å². The van der Waals surface area contributed by atoms with Gasteiger partial charge in [0.25, 0.3) is 5.91 Å². The molecule has 1 aromatic rings. The molecule has 2 aliphatic rings. The second kappa shape index (κ2) is 7.18. The number of nitrogens with zero attached hydrogens (tertiary/aromatic N) is 2. The Morgan fingerprint density at radius 2 is 1.95 bits per heavy atom. The van der Waals surface area contributed by atoms with Crippen LogP contribution in [0.5, 0.6) is 0 Å². The van der Waals surface area contributed by atoms with E-state index < -0.39 is 0 Å². The lowest BCUT2D eigenvalue weighted by Crippen LogP contribution is -2.33. The van der Waals surface area contributed by atoms with Crippen molar-refractivity contribution in [1.82, 2.24) is 5.32 Å². The summed E-state index contributed by atoms with van der Waals surface area (Å²) in [5.74, 6) is 0.890. The van der Waals surface area contributed by atoms with Crippen LogP contribution in [0.4, 0.5) is 5.69 Å². The van der Waals surface area contributed by atoms with Crippen LogP contribution in [-0.2, 0) is 0 Å². The number of hydrogen-bond acceptors (Lipinski definition) is 4. The summed E-state index contributed by atoms with van der Waals surface area (Å²) in [6, 6.07) is 8.55. The molecule has 0 unspecified atom stereocenters. The van der Waals surface area contributed by atoms with Crippen LogP contribution >= 0.6 is 11.8 Å². The SMILES string of the molecule is CN(c1ccc(C(=O)NC2=NCCS2)cc1)C1CCCCC1. The summed E-state index contributed by atoms with van der Waals surface area (Å²) in [5.41, 5.74) is 1.88. The van der Waals surface area contributed by atoms with Gasteiger partial charge in [0.05, 0.1) is 6.54 Å². The van der Waals surface area contributed by atoms with E-state index in [9.17, 15) is 4.79 Å². The van der Waals surface area contributed by atoms with Crippen LogP contribution in [0, 0.1) is 0 Å². The zero-order chi connectivity index (χ0) is 15.4. The lowest BCUT2D eigenvalue weighted by atomic mass is 9.94. The zero-order valence-corrected chi connectivity index (χ0v) is 13.9. The van der Waals surface area contributed by atoms with E-state index in [-0.39, 0.29) is 5.91 Å². The molecule has 1 aromatic carbocycles. The lowest BCUT2D eigenvalue weighted by Gasteiger charge is -2.33. The van der Waals surface area contributed by atoms with Crippen molar-refractivity contribution in [2.75, 3.05) is 24.2 Å². The fraction of sp³-hybridized carbons (Fsp3) is 0.529. The minimum absolute atomic E-state index is 0.0694. The van der Waals surface area contributed by atoms with Gasteiger partial charge >= 0.3 is 0 Å². The van der Waals surface area contributed by atoms with E-state index in [0.717, 1.165) is 17.5 Å². The number of carbonyl (C=O) groups excluding carboxylic acids is 1. The van der Waals surface area contributed by atoms with E-state index in [1.54, 1.807) is 11.8 Å². The number of amidine groups is 1. The van der Waals surface area contributed by atoms with Gasteiger partial charge in [-0.3, -0.25) is 9.79 Å². The smallest absolute Gasteiger partial charge is 0.257 e. The molecule has 1 amide bonds. The number of thioether (sulfide) groups is 1. The maximum atomic E-state index is 12.2. The van der Waals surface area contributed by atoms with Crippen LogP contribution in [0.15, 0.2) is 29.3 Å². The quantitative estimate of drug-likeness (QED) is 0.930. The third kappa shape index (κ3) is 3.64. The van der Waals surface area contributed by atoms with Crippen LogP contribution < -0.4 is 10.2 Å². The first-order valence-corrected chi connectivity index (χ1v) is 9.04. The van der Waals surface area contributed by atoms with Gasteiger partial charge in [0, 0.05) is 30.1 Å². The second-order valence-corrected chi connectivity index (χ2v) is 7.02. The van der Waals surface area contributed by atoms with Crippen molar-refractivity contribution in [1.29, 1.82) is 0 Å². The Kier molecular flexibility index (Phi) is 5.03. The summed E-state index contributed by atoms with van der Waals surface area (Å²) in [5, 5.41) is 3.61. The molecular formula is C17H23N3OS. The molecule has 5 heteroatoms. The molecule has 0 bridgehead atoms. The predicted octanol–water partition coefficient (Wildman–Crippen LogP) is 3.29. The molecule has 0 saturated heterocycles. The molecule has 1 saturated carbocycles. The second-order valence-electron chi connectivity index (χ2n) is 5.94. The highest BCUT2D eigenvalue weighted by atomic mass is 32.2. The molecule has 0 spiro atoms. The van der Waals surface area contributed by atoms with E-state index in [1.165, 1.54) is 37.8 Å². The molecule has 1 aliphatic carbocycles. The summed E-state index contributed by atoms with van der Waals surface area (Å²) in [6.45, 7) is 0.797. The third-order valence-corrected chi connectivity index (χ3v) is 5.36. The van der Waals surface area contributed by atoms with Crippen molar-refractivity contribution in [3.63, 3.8) is 0 Å². The van der Waals surface area contributed by atoms with E-state index in [4.69, 9.17) is 0 Å². The number of anilines is 1. The number of rotatable bonds is 3. The van der Waals surface area contributed by atoms with E-state index in [2.05, 4.69) is 22.3 Å². The van der Waals surface area contributed by atoms with Crippen LogP contribution in [-0.4, -0.2) is 36.5 Å². The van der Waals surface area contributed by atoms with Gasteiger partial charge in [0.1, 0.15) is 0 Å². The van der Waals surface area contributed by atoms with E-state index in [1.807, 2.05) is 24.3 Å². The first-order chi connectivity index (χ1) is 10.7. The lowest BCUT2D eigenvalue weighted by molar-refractivity contribution is 0.0978. The van der Waals surface area contributed by atoms with Gasteiger partial charge in [0.2, 0.25) is 0 Å². The van der Waals surface area contributed by atoms with Crippen molar-refractivity contribution >= 4 is 28.5 Å². The highest BCUT2D eigenvalue weighted by Gasteiger charge is 2.19. The highest BCUT2D eigenvalue weighted by molar-refractivity contribution is 8.14. The number of amides is 1. The maximum Gasteiger partial charge on any atom is 0.257 e. The fourth-order valence-corrected chi connectivity index (χ4v) is 3.83. The van der Waals surface area contributed by atoms with Crippen molar-refractivity contribution in [3.05, 3.63) is 29.8 Å². The molecule has 0 radical (unpaired) electrons. The van der Waals surface area contributed by atoms with Gasteiger partial charge in [-0.05, 0) is 37.1 Å². The van der Waals surface area contributed by atoms with Gasteiger partial charge in [-0.25, -0.2) is 0 Å². The van der Waals surface area contributed by atoms with Gasteiger partial charge in [-0.15, -0.1) is 0 Å². The Morgan fingerprint density at radius 1 is 1.23 bits per heavy atom. The van der Waals surface area contributed by atoms with Gasteiger partial charge in [-0.1, -0.05) is 31.0 Å². The summed E-state index contributed by atoms with van der Waals surface area (Å²) in [7, 11) is 2.16. The topological polar surface area (TPSA) is 44.7 Å². The summed E-state index contributed by atoms with van der Waals surface area (Å²) < 4.78 is 0. The summed E-state index contributed by atoms with van der Waals surface area (Å²) >= 11 is 1.60. The van der Waals surface area contributed by atoms with Crippen molar-refractivity contribution in [2.24, 2.45) is 4.99 Å². The molecule has 3 rings (SSSR count). The van der Waals surface area contributed by atoms with Crippen molar-refractivity contribution in [2.45, 2.75) is 38.1 Å². The predicted molar refractivity (Wildman–Crippen MR) is 93.9 cm³/mol. The number of nitrogens with one attached hydrogen (secondary N) is 1. The molecule has 1 fully saturated rings. The zero-order valence-electron chi connectivity index (χ0n) is 13.0. The molecule has 1 aliphatic heterocycles. The molecule has 22 heavy (non-hydrogen) atoms. The number of carbonyl (C=O) groups is 1. The van der Waals surface area contributed by atoms with Crippen molar-refractivity contribution in [3.8, 4) is 0 Å². The van der Waals surface area contributed by atoms with Gasteiger partial charge < -0.3 is 10.2 Å². The van der Waals surface area contributed by atoms with Crippen molar-refractivity contribution < 1.29 is 4.79 Å². The molecule has 1 N–H and O–H groups in total. The summed E-state index contributed by atoms with van der Waals surface area (Å²) in [4.78, 5) is 18.8. The molecule has 0 aromatic heterocycles. The van der Waals surface area contributed by atoms with Gasteiger partial charge in [0.15, 0.2) is 5.17 Å². The van der Waals surface area contributed by atoms with E-state index in [0.29, 0.717) is 11.6 Å². The minimum atomic E-state index is -0.0694. The normalized spacial score (nSPS) is 18.9. The largest absolute Gasteiger partial charge is 0.372 e. The van der Waals surface area contributed by atoms with E-state index >= 15 is 0 Å². The van der Waals surface area contributed by atoms with Crippen LogP contribution in [0.1, 0.15) is 42.5 Å². The Morgan fingerprint density at radius 3 is 2.59 bits per heavy atom. The van der Waals surface area contributed by atoms with Crippen LogP contribution in [0.25, 0.3) is 0 Å². The Labute approximate surface area is 136 Å². The Hall–Kier alpha value is -1.49. The molecule has 1 heterocycles. The Balaban J connectivity index is 1.62. The minimum Gasteiger partial charge on any atom is -0.372 e. The van der Waals surface area contributed by atoms with Gasteiger partial charge in [-0.2, -0.15) is 0 Å².